The fourth-order valence-electron chi connectivity index (χ4n) is 2.44. The molecule has 0 fully saturated rings. The summed E-state index contributed by atoms with van der Waals surface area (Å²) in [5, 5.41) is 3.40. The summed E-state index contributed by atoms with van der Waals surface area (Å²) in [6.07, 6.45) is 1.37. The van der Waals surface area contributed by atoms with E-state index >= 15 is 0 Å². The Morgan fingerprint density at radius 3 is 2.32 bits per heavy atom. The van der Waals surface area contributed by atoms with Gasteiger partial charge < -0.3 is 5.32 Å². The first-order valence-electron chi connectivity index (χ1n) is 7.54. The molecule has 0 radical (unpaired) electrons. The van der Waals surface area contributed by atoms with E-state index in [2.05, 4.69) is 5.32 Å². The van der Waals surface area contributed by atoms with Gasteiger partial charge in [0.25, 0.3) is 0 Å². The summed E-state index contributed by atoms with van der Waals surface area (Å²) in [4.78, 5) is 12.7. The van der Waals surface area contributed by atoms with Crippen molar-refractivity contribution in [1.29, 1.82) is 0 Å². The van der Waals surface area contributed by atoms with Gasteiger partial charge in [-0.2, -0.15) is 0 Å². The minimum atomic E-state index is -3.67. The number of hydrogen-bond donors (Lipinski definition) is 1. The third-order valence-electron chi connectivity index (χ3n) is 3.53. The lowest BCUT2D eigenvalue weighted by atomic mass is 10.2. The van der Waals surface area contributed by atoms with Gasteiger partial charge in [-0.15, -0.1) is 0 Å². The fourth-order valence-corrected chi connectivity index (χ4v) is 4.11. The molecule has 8 heteroatoms. The van der Waals surface area contributed by atoms with Crippen LogP contribution in [0.1, 0.15) is 13.3 Å². The maximum atomic E-state index is 12.7. The smallest absolute Gasteiger partial charge is 0.248 e. The number of benzene rings is 2. The third kappa shape index (κ3) is 4.87. The lowest BCUT2D eigenvalue weighted by Gasteiger charge is -2.30. The monoisotopic (exact) mass is 400 g/mol. The van der Waals surface area contributed by atoms with Gasteiger partial charge in [-0.25, -0.2) is 8.42 Å². The molecule has 0 saturated heterocycles. The van der Waals surface area contributed by atoms with E-state index in [1.807, 2.05) is 0 Å². The highest BCUT2D eigenvalue weighted by atomic mass is 35.5. The van der Waals surface area contributed by atoms with Crippen LogP contribution >= 0.6 is 23.2 Å². The van der Waals surface area contributed by atoms with Gasteiger partial charge in [0, 0.05) is 5.02 Å². The first-order chi connectivity index (χ1) is 11.7. The molecule has 0 spiro atoms. The topological polar surface area (TPSA) is 66.5 Å². The van der Waals surface area contributed by atoms with Crippen LogP contribution in [0.4, 0.5) is 11.4 Å². The normalized spacial score (nSPS) is 12.5. The fraction of sp³-hybridized carbons (Fsp3) is 0.235. The molecule has 0 bridgehead atoms. The van der Waals surface area contributed by atoms with Crippen LogP contribution in [-0.4, -0.2) is 26.6 Å². The molecule has 1 N–H and O–H groups in total. The van der Waals surface area contributed by atoms with E-state index in [1.54, 1.807) is 49.4 Å². The largest absolute Gasteiger partial charge is 0.323 e. The van der Waals surface area contributed by atoms with Gasteiger partial charge in [0.05, 0.1) is 22.7 Å². The predicted octanol–water partition coefficient (Wildman–Crippen LogP) is 4.18. The summed E-state index contributed by atoms with van der Waals surface area (Å²) in [6, 6.07) is 12.3. The molecule has 2 aromatic carbocycles. The van der Waals surface area contributed by atoms with Crippen molar-refractivity contribution in [2.75, 3.05) is 15.9 Å². The van der Waals surface area contributed by atoms with Crippen molar-refractivity contribution in [3.05, 3.63) is 58.6 Å². The summed E-state index contributed by atoms with van der Waals surface area (Å²) in [5.41, 5.74) is 0.797. The molecule has 0 aromatic heterocycles. The Labute approximate surface area is 157 Å². The lowest BCUT2D eigenvalue weighted by Crippen LogP contribution is -2.47. The third-order valence-corrected chi connectivity index (χ3v) is 5.26. The van der Waals surface area contributed by atoms with Crippen LogP contribution in [-0.2, 0) is 14.8 Å². The molecule has 0 unspecified atom stereocenters. The summed E-state index contributed by atoms with van der Waals surface area (Å²) in [6.45, 7) is 1.74. The number of carbonyl (C=O) groups is 1. The molecule has 0 aliphatic heterocycles. The number of halogens is 2. The average Bonchev–Trinajstić information content (AvgIpc) is 2.54. The average molecular weight is 401 g/mol. The minimum Gasteiger partial charge on any atom is -0.323 e. The number of sulfonamides is 1. The molecule has 1 atom stereocenters. The van der Waals surface area contributed by atoms with Gasteiger partial charge in [0.2, 0.25) is 15.9 Å². The van der Waals surface area contributed by atoms with E-state index in [4.69, 9.17) is 23.2 Å². The molecular weight excluding hydrogens is 383 g/mol. The SMILES string of the molecule is CC[C@H](C(=O)Nc1ccc(Cl)cc1Cl)N(c1ccccc1)S(C)(=O)=O. The zero-order valence-electron chi connectivity index (χ0n) is 13.7. The summed E-state index contributed by atoms with van der Waals surface area (Å²) in [7, 11) is -3.67. The molecule has 1 amide bonds. The number of hydrogen-bond acceptors (Lipinski definition) is 3. The second-order valence-electron chi connectivity index (χ2n) is 5.43. The number of para-hydroxylation sites is 1. The summed E-state index contributed by atoms with van der Waals surface area (Å²) < 4.78 is 25.7. The van der Waals surface area contributed by atoms with Crippen LogP contribution < -0.4 is 9.62 Å². The Morgan fingerprint density at radius 1 is 1.16 bits per heavy atom. The standard InChI is InChI=1S/C17H18Cl2N2O3S/c1-3-16(17(22)20-15-10-9-12(18)11-14(15)19)21(25(2,23)24)13-7-5-4-6-8-13/h4-11,16H,3H2,1-2H3,(H,20,22)/t16-/m1/s1. The zero-order chi connectivity index (χ0) is 18.6. The van der Waals surface area contributed by atoms with Gasteiger partial charge in [-0.1, -0.05) is 48.3 Å². The zero-order valence-corrected chi connectivity index (χ0v) is 16.1. The maximum Gasteiger partial charge on any atom is 0.248 e. The van der Waals surface area contributed by atoms with Crippen molar-refractivity contribution < 1.29 is 13.2 Å². The van der Waals surface area contributed by atoms with E-state index in [0.717, 1.165) is 10.6 Å². The quantitative estimate of drug-likeness (QED) is 0.790. The number of anilines is 2. The molecule has 2 rings (SSSR count). The summed E-state index contributed by atoms with van der Waals surface area (Å²) in [5.74, 6) is -0.471. The van der Waals surface area contributed by atoms with Gasteiger partial charge in [-0.3, -0.25) is 9.10 Å². The molecule has 0 aliphatic rings. The molecule has 134 valence electrons. The molecular formula is C17H18Cl2N2O3S. The number of nitrogens with one attached hydrogen (secondary N) is 1. The first kappa shape index (κ1) is 19.6. The van der Waals surface area contributed by atoms with E-state index in [0.29, 0.717) is 22.8 Å². The Hall–Kier alpha value is -1.76. The van der Waals surface area contributed by atoms with E-state index in [9.17, 15) is 13.2 Å². The second kappa shape index (κ2) is 8.08. The molecule has 5 nitrogen and oxygen atoms in total. The highest BCUT2D eigenvalue weighted by molar-refractivity contribution is 7.92. The highest BCUT2D eigenvalue weighted by Gasteiger charge is 2.31. The van der Waals surface area contributed by atoms with Crippen molar-refractivity contribution in [3.63, 3.8) is 0 Å². The van der Waals surface area contributed by atoms with Crippen molar-refractivity contribution in [3.8, 4) is 0 Å². The Bertz CT molecular complexity index is 857. The lowest BCUT2D eigenvalue weighted by molar-refractivity contribution is -0.117. The van der Waals surface area contributed by atoms with E-state index in [1.165, 1.54) is 6.07 Å². The number of amides is 1. The Kier molecular flexibility index (Phi) is 6.32. The molecule has 0 heterocycles. The van der Waals surface area contributed by atoms with Crippen LogP contribution in [0.3, 0.4) is 0 Å². The summed E-state index contributed by atoms with van der Waals surface area (Å²) >= 11 is 11.9. The van der Waals surface area contributed by atoms with Crippen molar-refractivity contribution in [2.24, 2.45) is 0 Å². The minimum absolute atomic E-state index is 0.279. The van der Waals surface area contributed by atoms with E-state index < -0.39 is 22.0 Å². The van der Waals surface area contributed by atoms with Crippen molar-refractivity contribution in [2.45, 2.75) is 19.4 Å². The van der Waals surface area contributed by atoms with Crippen LogP contribution in [0, 0.1) is 0 Å². The van der Waals surface area contributed by atoms with Gasteiger partial charge in [0.15, 0.2) is 0 Å². The Morgan fingerprint density at radius 2 is 1.80 bits per heavy atom. The number of rotatable bonds is 6. The highest BCUT2D eigenvalue weighted by Crippen LogP contribution is 2.27. The molecule has 0 aliphatic carbocycles. The van der Waals surface area contributed by atoms with Crippen LogP contribution in [0.25, 0.3) is 0 Å². The predicted molar refractivity (Wildman–Crippen MR) is 103 cm³/mol. The van der Waals surface area contributed by atoms with Crippen molar-refractivity contribution >= 4 is 50.5 Å². The van der Waals surface area contributed by atoms with E-state index in [-0.39, 0.29) is 5.02 Å². The maximum absolute atomic E-state index is 12.7. The Balaban J connectivity index is 2.36. The van der Waals surface area contributed by atoms with Gasteiger partial charge >= 0.3 is 0 Å². The van der Waals surface area contributed by atoms with Crippen LogP contribution in [0.5, 0.6) is 0 Å². The van der Waals surface area contributed by atoms with Gasteiger partial charge in [0.1, 0.15) is 6.04 Å². The van der Waals surface area contributed by atoms with Crippen LogP contribution in [0.15, 0.2) is 48.5 Å². The molecule has 2 aromatic rings. The molecule has 25 heavy (non-hydrogen) atoms. The molecule has 0 saturated carbocycles. The van der Waals surface area contributed by atoms with Crippen LogP contribution in [0.2, 0.25) is 10.0 Å². The number of carbonyl (C=O) groups excluding carboxylic acids is 1. The van der Waals surface area contributed by atoms with Gasteiger partial charge in [-0.05, 0) is 36.8 Å². The first-order valence-corrected chi connectivity index (χ1v) is 10.1. The number of nitrogens with zero attached hydrogens (tertiary/aromatic N) is 1. The second-order valence-corrected chi connectivity index (χ2v) is 8.13. The van der Waals surface area contributed by atoms with Crippen molar-refractivity contribution in [1.82, 2.24) is 0 Å².